The predicted octanol–water partition coefficient (Wildman–Crippen LogP) is 3.93. The molecular weight excluding hydrogens is 310 g/mol. The van der Waals surface area contributed by atoms with Gasteiger partial charge in [0.05, 0.1) is 11.0 Å². The number of rotatable bonds is 4. The minimum Gasteiger partial charge on any atom is -0.358 e. The second-order valence-corrected chi connectivity index (χ2v) is 4.96. The van der Waals surface area contributed by atoms with Gasteiger partial charge in [-0.1, -0.05) is 28.1 Å². The summed E-state index contributed by atoms with van der Waals surface area (Å²) < 4.78 is 0.967. The van der Waals surface area contributed by atoms with Crippen molar-refractivity contribution >= 4 is 27.4 Å². The molecule has 1 aromatic heterocycles. The first-order chi connectivity index (χ1) is 9.08. The van der Waals surface area contributed by atoms with Gasteiger partial charge in [-0.3, -0.25) is 10.1 Å². The molecule has 0 saturated carbocycles. The molecule has 1 atom stereocenters. The lowest BCUT2D eigenvalue weighted by Gasteiger charge is -2.15. The normalized spacial score (nSPS) is 11.9. The van der Waals surface area contributed by atoms with Crippen LogP contribution >= 0.6 is 15.9 Å². The zero-order chi connectivity index (χ0) is 13.8. The van der Waals surface area contributed by atoms with Gasteiger partial charge in [0.1, 0.15) is 0 Å². The fraction of sp³-hybridized carbons (Fsp3) is 0.154. The minimum absolute atomic E-state index is 0.0238. The first-order valence-corrected chi connectivity index (χ1v) is 6.48. The van der Waals surface area contributed by atoms with E-state index in [1.807, 2.05) is 31.2 Å². The molecule has 0 fully saturated rings. The number of aromatic nitrogens is 1. The number of pyridine rings is 1. The molecule has 6 heteroatoms. The molecule has 0 radical (unpaired) electrons. The summed E-state index contributed by atoms with van der Waals surface area (Å²) in [6, 6.07) is 10.7. The number of halogens is 1. The van der Waals surface area contributed by atoms with Gasteiger partial charge in [-0.15, -0.1) is 0 Å². The largest absolute Gasteiger partial charge is 0.358 e. The quantitative estimate of drug-likeness (QED) is 0.684. The Morgan fingerprint density at radius 2 is 2.16 bits per heavy atom. The second-order valence-electron chi connectivity index (χ2n) is 4.05. The van der Waals surface area contributed by atoms with Gasteiger partial charge in [0.15, 0.2) is 0 Å². The Labute approximate surface area is 119 Å². The maximum atomic E-state index is 10.9. The van der Waals surface area contributed by atoms with Gasteiger partial charge in [0.2, 0.25) is 5.82 Å². The van der Waals surface area contributed by atoms with Crippen LogP contribution < -0.4 is 5.32 Å². The van der Waals surface area contributed by atoms with Crippen LogP contribution in [0.4, 0.5) is 11.5 Å². The maximum absolute atomic E-state index is 10.9. The van der Waals surface area contributed by atoms with Gasteiger partial charge >= 0.3 is 5.69 Å². The van der Waals surface area contributed by atoms with E-state index >= 15 is 0 Å². The van der Waals surface area contributed by atoms with Crippen molar-refractivity contribution in [3.8, 4) is 0 Å². The van der Waals surface area contributed by atoms with Crippen LogP contribution in [-0.4, -0.2) is 9.91 Å². The highest BCUT2D eigenvalue weighted by Gasteiger charge is 2.16. The van der Waals surface area contributed by atoms with E-state index < -0.39 is 4.92 Å². The molecule has 0 spiro atoms. The van der Waals surface area contributed by atoms with E-state index in [1.165, 1.54) is 12.3 Å². The summed E-state index contributed by atoms with van der Waals surface area (Å²) in [5.74, 6) is 0.278. The average molecular weight is 322 g/mol. The average Bonchev–Trinajstić information content (AvgIpc) is 2.39. The highest BCUT2D eigenvalue weighted by atomic mass is 79.9. The zero-order valence-corrected chi connectivity index (χ0v) is 11.8. The molecular formula is C13H12BrN3O2. The molecule has 1 heterocycles. The van der Waals surface area contributed by atoms with Crippen molar-refractivity contribution < 1.29 is 4.92 Å². The van der Waals surface area contributed by atoms with E-state index in [0.717, 1.165) is 10.0 Å². The van der Waals surface area contributed by atoms with Crippen molar-refractivity contribution in [2.75, 3.05) is 5.32 Å². The van der Waals surface area contributed by atoms with Crippen molar-refractivity contribution in [2.24, 2.45) is 0 Å². The monoisotopic (exact) mass is 321 g/mol. The Balaban J connectivity index is 2.24. The lowest BCUT2D eigenvalue weighted by molar-refractivity contribution is -0.384. The molecule has 19 heavy (non-hydrogen) atoms. The lowest BCUT2D eigenvalue weighted by Crippen LogP contribution is -2.09. The first kappa shape index (κ1) is 13.5. The van der Waals surface area contributed by atoms with Gasteiger partial charge in [-0.05, 0) is 30.7 Å². The summed E-state index contributed by atoms with van der Waals surface area (Å²) in [6.45, 7) is 1.93. The Kier molecular flexibility index (Phi) is 4.11. The fourth-order valence-electron chi connectivity index (χ4n) is 1.72. The molecule has 1 aromatic carbocycles. The molecule has 5 nitrogen and oxygen atoms in total. The number of nitrogens with zero attached hydrogens (tertiary/aromatic N) is 2. The van der Waals surface area contributed by atoms with Crippen LogP contribution in [0.5, 0.6) is 0 Å². The zero-order valence-electron chi connectivity index (χ0n) is 10.2. The Hall–Kier alpha value is -1.95. The third kappa shape index (κ3) is 3.29. The number of hydrogen-bond donors (Lipinski definition) is 1. The molecule has 1 N–H and O–H groups in total. The Morgan fingerprint density at radius 3 is 2.84 bits per heavy atom. The van der Waals surface area contributed by atoms with Crippen molar-refractivity contribution in [1.82, 2.24) is 4.98 Å². The van der Waals surface area contributed by atoms with E-state index in [-0.39, 0.29) is 17.5 Å². The van der Waals surface area contributed by atoms with Crippen LogP contribution in [0.25, 0.3) is 0 Å². The number of anilines is 1. The Bertz CT molecular complexity index is 604. The molecule has 0 unspecified atom stereocenters. The molecule has 2 rings (SSSR count). The molecule has 0 bridgehead atoms. The van der Waals surface area contributed by atoms with Crippen LogP contribution in [-0.2, 0) is 0 Å². The number of hydrogen-bond acceptors (Lipinski definition) is 4. The fourth-order valence-corrected chi connectivity index (χ4v) is 2.14. The van der Waals surface area contributed by atoms with Crippen molar-refractivity contribution in [3.63, 3.8) is 0 Å². The van der Waals surface area contributed by atoms with Crippen LogP contribution in [0.15, 0.2) is 47.1 Å². The predicted molar refractivity (Wildman–Crippen MR) is 77.1 cm³/mol. The van der Waals surface area contributed by atoms with Crippen molar-refractivity contribution in [2.45, 2.75) is 13.0 Å². The van der Waals surface area contributed by atoms with Gasteiger partial charge in [0.25, 0.3) is 0 Å². The highest BCUT2D eigenvalue weighted by molar-refractivity contribution is 9.10. The summed E-state index contributed by atoms with van der Waals surface area (Å²) in [5.41, 5.74) is 0.999. The van der Waals surface area contributed by atoms with E-state index in [0.29, 0.717) is 0 Å². The molecule has 98 valence electrons. The molecule has 0 aliphatic carbocycles. The van der Waals surface area contributed by atoms with Crippen LogP contribution in [0.3, 0.4) is 0 Å². The van der Waals surface area contributed by atoms with Crippen molar-refractivity contribution in [1.29, 1.82) is 0 Å². The van der Waals surface area contributed by atoms with E-state index in [4.69, 9.17) is 0 Å². The summed E-state index contributed by atoms with van der Waals surface area (Å²) in [6.07, 6.45) is 1.53. The topological polar surface area (TPSA) is 68.1 Å². The van der Waals surface area contributed by atoms with E-state index in [2.05, 4.69) is 26.2 Å². The van der Waals surface area contributed by atoms with E-state index in [1.54, 1.807) is 6.07 Å². The summed E-state index contributed by atoms with van der Waals surface area (Å²) in [4.78, 5) is 14.5. The van der Waals surface area contributed by atoms with Crippen LogP contribution in [0.1, 0.15) is 18.5 Å². The number of nitro groups is 1. The summed E-state index contributed by atoms with van der Waals surface area (Å²) in [7, 11) is 0. The number of nitrogens with one attached hydrogen (secondary N) is 1. The summed E-state index contributed by atoms with van der Waals surface area (Å²) >= 11 is 3.40. The van der Waals surface area contributed by atoms with Gasteiger partial charge in [-0.25, -0.2) is 4.98 Å². The van der Waals surface area contributed by atoms with Crippen molar-refractivity contribution in [3.05, 3.63) is 62.7 Å². The van der Waals surface area contributed by atoms with Crippen LogP contribution in [0.2, 0.25) is 0 Å². The molecule has 0 aliphatic rings. The van der Waals surface area contributed by atoms with E-state index in [9.17, 15) is 10.1 Å². The molecule has 2 aromatic rings. The van der Waals surface area contributed by atoms with Crippen LogP contribution in [0, 0.1) is 10.1 Å². The number of benzene rings is 1. The first-order valence-electron chi connectivity index (χ1n) is 5.69. The highest BCUT2D eigenvalue weighted by Crippen LogP contribution is 2.26. The lowest BCUT2D eigenvalue weighted by atomic mass is 10.1. The summed E-state index contributed by atoms with van der Waals surface area (Å²) in [5, 5.41) is 14.0. The maximum Gasteiger partial charge on any atom is 0.311 e. The second kappa shape index (κ2) is 5.79. The Morgan fingerprint density at radius 1 is 1.37 bits per heavy atom. The molecule has 0 aliphatic heterocycles. The minimum atomic E-state index is -0.442. The molecule has 0 saturated heterocycles. The standard InChI is InChI=1S/C13H12BrN3O2/c1-9(10-4-2-5-11(14)8-10)16-13-12(17(18)19)6-3-7-15-13/h2-9H,1H3,(H,15,16)/t9-/m0/s1. The van der Waals surface area contributed by atoms with Gasteiger partial charge < -0.3 is 5.32 Å². The van der Waals surface area contributed by atoms with Gasteiger partial charge in [0, 0.05) is 16.7 Å². The third-order valence-electron chi connectivity index (χ3n) is 2.69. The third-order valence-corrected chi connectivity index (χ3v) is 3.18. The van der Waals surface area contributed by atoms with Gasteiger partial charge in [-0.2, -0.15) is 0 Å². The smallest absolute Gasteiger partial charge is 0.311 e. The molecule has 0 amide bonds. The SMILES string of the molecule is C[C@H](Nc1ncccc1[N+](=O)[O-])c1cccc(Br)c1.